The first kappa shape index (κ1) is 14.5. The Morgan fingerprint density at radius 1 is 1.30 bits per heavy atom. The fourth-order valence-corrected chi connectivity index (χ4v) is 1.76. The molecule has 0 radical (unpaired) electrons. The Bertz CT molecular complexity index is 643. The second kappa shape index (κ2) is 5.63. The van der Waals surface area contributed by atoms with E-state index in [2.05, 4.69) is 15.3 Å². The van der Waals surface area contributed by atoms with Gasteiger partial charge < -0.3 is 11.1 Å². The van der Waals surface area contributed by atoms with Crippen molar-refractivity contribution in [3.63, 3.8) is 0 Å². The van der Waals surface area contributed by atoms with E-state index in [-0.39, 0.29) is 10.9 Å². The highest BCUT2D eigenvalue weighted by Crippen LogP contribution is 2.26. The fraction of sp³-hybridized carbons (Fsp3) is 0.286. The third-order valence-electron chi connectivity index (χ3n) is 2.90. The molecular formula is C14H16ClFN4. The second-order valence-electron chi connectivity index (χ2n) is 4.85. The summed E-state index contributed by atoms with van der Waals surface area (Å²) >= 11 is 5.66. The maximum atomic E-state index is 13.4. The van der Waals surface area contributed by atoms with Crippen LogP contribution in [0.25, 0.3) is 0 Å². The molecule has 0 aliphatic carbocycles. The zero-order valence-corrected chi connectivity index (χ0v) is 12.3. The number of nitrogens with one attached hydrogen (secondary N) is 1. The van der Waals surface area contributed by atoms with Crippen molar-refractivity contribution in [2.24, 2.45) is 0 Å². The van der Waals surface area contributed by atoms with E-state index < -0.39 is 5.82 Å². The normalized spacial score (nSPS) is 10.9. The van der Waals surface area contributed by atoms with E-state index in [1.165, 1.54) is 12.1 Å². The van der Waals surface area contributed by atoms with E-state index in [0.29, 0.717) is 23.1 Å². The minimum Gasteiger partial charge on any atom is -0.383 e. The lowest BCUT2D eigenvalue weighted by Gasteiger charge is -2.13. The minimum absolute atomic E-state index is 0.0809. The van der Waals surface area contributed by atoms with E-state index >= 15 is 0 Å². The van der Waals surface area contributed by atoms with Gasteiger partial charge in [0.1, 0.15) is 23.3 Å². The number of nitrogens with two attached hydrogens (primary N) is 1. The Kier molecular flexibility index (Phi) is 4.09. The van der Waals surface area contributed by atoms with Gasteiger partial charge in [-0.2, -0.15) is 0 Å². The molecule has 0 bridgehead atoms. The monoisotopic (exact) mass is 294 g/mol. The quantitative estimate of drug-likeness (QED) is 0.897. The summed E-state index contributed by atoms with van der Waals surface area (Å²) in [5.74, 6) is 1.30. The number of hydrogen-bond donors (Lipinski definition) is 2. The molecule has 0 aliphatic rings. The molecule has 0 amide bonds. The molecule has 3 N–H and O–H groups in total. The van der Waals surface area contributed by atoms with Gasteiger partial charge in [0.2, 0.25) is 0 Å². The number of nitrogen functional groups attached to an aromatic ring is 1. The van der Waals surface area contributed by atoms with Crippen molar-refractivity contribution in [2.45, 2.75) is 26.7 Å². The van der Waals surface area contributed by atoms with Crippen LogP contribution in [-0.2, 0) is 0 Å². The predicted molar refractivity (Wildman–Crippen MR) is 80.0 cm³/mol. The van der Waals surface area contributed by atoms with Gasteiger partial charge in [-0.25, -0.2) is 14.4 Å². The van der Waals surface area contributed by atoms with Gasteiger partial charge in [0.05, 0.1) is 5.02 Å². The molecule has 0 spiro atoms. The molecule has 1 aromatic carbocycles. The highest BCUT2D eigenvalue weighted by molar-refractivity contribution is 6.30. The summed E-state index contributed by atoms with van der Waals surface area (Å²) in [6, 6.07) is 4.48. The molecule has 0 saturated carbocycles. The van der Waals surface area contributed by atoms with E-state index in [1.54, 1.807) is 6.07 Å². The number of hydrogen-bond acceptors (Lipinski definition) is 4. The molecular weight excluding hydrogens is 279 g/mol. The van der Waals surface area contributed by atoms with Crippen LogP contribution in [0.1, 0.15) is 31.2 Å². The van der Waals surface area contributed by atoms with Crippen molar-refractivity contribution in [3.8, 4) is 0 Å². The second-order valence-corrected chi connectivity index (χ2v) is 5.26. The molecule has 0 saturated heterocycles. The molecule has 106 valence electrons. The fourth-order valence-electron chi connectivity index (χ4n) is 1.64. The molecule has 6 heteroatoms. The topological polar surface area (TPSA) is 63.8 Å². The van der Waals surface area contributed by atoms with Gasteiger partial charge in [-0.05, 0) is 25.1 Å². The van der Waals surface area contributed by atoms with Crippen LogP contribution in [-0.4, -0.2) is 9.97 Å². The summed E-state index contributed by atoms with van der Waals surface area (Å²) in [5, 5.41) is 3.13. The lowest BCUT2D eigenvalue weighted by Crippen LogP contribution is -2.08. The van der Waals surface area contributed by atoms with Crippen LogP contribution in [0.15, 0.2) is 18.2 Å². The van der Waals surface area contributed by atoms with Crippen LogP contribution in [0, 0.1) is 12.7 Å². The molecule has 0 unspecified atom stereocenters. The standard InChI is InChI=1S/C14H16ClFN4/c1-7(2)13-19-12(17)8(3)14(20-13)18-9-4-5-10(15)11(16)6-9/h4-7H,1-3H3,(H3,17,18,19,20). The van der Waals surface area contributed by atoms with Crippen LogP contribution in [0.2, 0.25) is 5.02 Å². The minimum atomic E-state index is -0.486. The SMILES string of the molecule is Cc1c(N)nc(C(C)C)nc1Nc1ccc(Cl)c(F)c1. The van der Waals surface area contributed by atoms with Crippen LogP contribution in [0.3, 0.4) is 0 Å². The van der Waals surface area contributed by atoms with Crippen molar-refractivity contribution in [1.82, 2.24) is 9.97 Å². The molecule has 1 aromatic heterocycles. The van der Waals surface area contributed by atoms with Gasteiger partial charge in [-0.1, -0.05) is 25.4 Å². The zero-order valence-electron chi connectivity index (χ0n) is 11.5. The lowest BCUT2D eigenvalue weighted by atomic mass is 10.2. The Morgan fingerprint density at radius 3 is 2.60 bits per heavy atom. The van der Waals surface area contributed by atoms with E-state index in [4.69, 9.17) is 17.3 Å². The van der Waals surface area contributed by atoms with Gasteiger partial charge >= 0.3 is 0 Å². The van der Waals surface area contributed by atoms with Gasteiger partial charge in [0.15, 0.2) is 0 Å². The number of nitrogens with zero attached hydrogens (tertiary/aromatic N) is 2. The van der Waals surface area contributed by atoms with Gasteiger partial charge in [-0.3, -0.25) is 0 Å². The number of anilines is 3. The van der Waals surface area contributed by atoms with Crippen molar-refractivity contribution >= 4 is 28.9 Å². The average molecular weight is 295 g/mol. The molecule has 0 aliphatic heterocycles. The Hall–Kier alpha value is -1.88. The van der Waals surface area contributed by atoms with Crippen molar-refractivity contribution in [3.05, 3.63) is 40.4 Å². The highest BCUT2D eigenvalue weighted by atomic mass is 35.5. The van der Waals surface area contributed by atoms with Crippen molar-refractivity contribution in [2.75, 3.05) is 11.1 Å². The van der Waals surface area contributed by atoms with Gasteiger partial charge in [0.25, 0.3) is 0 Å². The summed E-state index contributed by atoms with van der Waals surface area (Å²) in [4.78, 5) is 8.66. The Balaban J connectivity index is 2.39. The summed E-state index contributed by atoms with van der Waals surface area (Å²) in [5.41, 5.74) is 7.17. The third kappa shape index (κ3) is 2.99. The summed E-state index contributed by atoms with van der Waals surface area (Å²) in [6.07, 6.45) is 0. The molecule has 4 nitrogen and oxygen atoms in total. The molecule has 2 rings (SSSR count). The molecule has 20 heavy (non-hydrogen) atoms. The highest BCUT2D eigenvalue weighted by Gasteiger charge is 2.12. The molecule has 2 aromatic rings. The molecule has 0 atom stereocenters. The number of aromatic nitrogens is 2. The Labute approximate surface area is 122 Å². The van der Waals surface area contributed by atoms with Crippen LogP contribution in [0.4, 0.5) is 21.7 Å². The van der Waals surface area contributed by atoms with Crippen molar-refractivity contribution < 1.29 is 4.39 Å². The maximum absolute atomic E-state index is 13.4. The predicted octanol–water partition coefficient (Wildman–Crippen LogP) is 4.03. The first-order valence-corrected chi connectivity index (χ1v) is 6.62. The van der Waals surface area contributed by atoms with Gasteiger partial charge in [0, 0.05) is 17.2 Å². The molecule has 0 fully saturated rings. The summed E-state index contributed by atoms with van der Waals surface area (Å²) in [7, 11) is 0. The first-order chi connectivity index (χ1) is 9.38. The number of rotatable bonds is 3. The van der Waals surface area contributed by atoms with E-state index in [0.717, 1.165) is 5.56 Å². The van der Waals surface area contributed by atoms with E-state index in [9.17, 15) is 4.39 Å². The average Bonchev–Trinajstić information content (AvgIpc) is 2.38. The smallest absolute Gasteiger partial charge is 0.143 e. The third-order valence-corrected chi connectivity index (χ3v) is 3.21. The van der Waals surface area contributed by atoms with Gasteiger partial charge in [-0.15, -0.1) is 0 Å². The van der Waals surface area contributed by atoms with Crippen LogP contribution >= 0.6 is 11.6 Å². The largest absolute Gasteiger partial charge is 0.383 e. The van der Waals surface area contributed by atoms with Crippen LogP contribution < -0.4 is 11.1 Å². The zero-order chi connectivity index (χ0) is 14.9. The van der Waals surface area contributed by atoms with Crippen molar-refractivity contribution in [1.29, 1.82) is 0 Å². The number of halogens is 2. The van der Waals surface area contributed by atoms with Crippen LogP contribution in [0.5, 0.6) is 0 Å². The first-order valence-electron chi connectivity index (χ1n) is 6.24. The summed E-state index contributed by atoms with van der Waals surface area (Å²) in [6.45, 7) is 5.78. The summed E-state index contributed by atoms with van der Waals surface area (Å²) < 4.78 is 13.4. The van der Waals surface area contributed by atoms with E-state index in [1.807, 2.05) is 20.8 Å². The number of benzene rings is 1. The lowest BCUT2D eigenvalue weighted by molar-refractivity contribution is 0.629. The molecule has 1 heterocycles. The maximum Gasteiger partial charge on any atom is 0.143 e. The Morgan fingerprint density at radius 2 is 2.00 bits per heavy atom.